The van der Waals surface area contributed by atoms with Crippen LogP contribution in [0.5, 0.6) is 0 Å². The Kier molecular flexibility index (Phi) is 4.26. The number of aromatic nitrogens is 1. The zero-order chi connectivity index (χ0) is 19.8. The summed E-state index contributed by atoms with van der Waals surface area (Å²) in [6, 6.07) is 8.43. The van der Waals surface area contributed by atoms with E-state index >= 15 is 0 Å². The molecule has 0 aliphatic heterocycles. The highest BCUT2D eigenvalue weighted by Crippen LogP contribution is 2.40. The predicted molar refractivity (Wildman–Crippen MR) is 98.4 cm³/mol. The zero-order valence-electron chi connectivity index (χ0n) is 14.8. The number of nitro benzene ring substituents is 1. The summed E-state index contributed by atoms with van der Waals surface area (Å²) in [5, 5.41) is 13.8. The second-order valence-corrected chi connectivity index (χ2v) is 6.48. The molecule has 1 N–H and O–H groups in total. The molecule has 9 nitrogen and oxygen atoms in total. The summed E-state index contributed by atoms with van der Waals surface area (Å²) in [4.78, 5) is 39.2. The highest BCUT2D eigenvalue weighted by atomic mass is 16.6. The van der Waals surface area contributed by atoms with Gasteiger partial charge in [-0.1, -0.05) is 0 Å². The number of non-ortho nitro benzene ring substituents is 1. The molecule has 2 aromatic carbocycles. The molecule has 1 fully saturated rings. The van der Waals surface area contributed by atoms with Crippen LogP contribution in [-0.4, -0.2) is 28.9 Å². The van der Waals surface area contributed by atoms with Crippen molar-refractivity contribution < 1.29 is 23.7 Å². The van der Waals surface area contributed by atoms with Gasteiger partial charge in [0.25, 0.3) is 11.6 Å². The van der Waals surface area contributed by atoms with Crippen molar-refractivity contribution in [3.05, 3.63) is 63.5 Å². The third-order valence-electron chi connectivity index (χ3n) is 4.40. The number of benzene rings is 2. The summed E-state index contributed by atoms with van der Waals surface area (Å²) < 4.78 is 10.3. The molecular formula is C19H15N3O6. The molecule has 0 bridgehead atoms. The van der Waals surface area contributed by atoms with Crippen LogP contribution in [0.1, 0.15) is 45.4 Å². The number of carbonyl (C=O) groups excluding carboxylic acids is 2. The van der Waals surface area contributed by atoms with Crippen LogP contribution in [0, 0.1) is 10.1 Å². The number of nitro groups is 1. The van der Waals surface area contributed by atoms with Crippen LogP contribution < -0.4 is 5.32 Å². The van der Waals surface area contributed by atoms with Gasteiger partial charge >= 0.3 is 5.97 Å². The normalized spacial score (nSPS) is 13.3. The summed E-state index contributed by atoms with van der Waals surface area (Å²) in [7, 11) is 1.16. The fourth-order valence-corrected chi connectivity index (χ4v) is 2.81. The fourth-order valence-electron chi connectivity index (χ4n) is 2.81. The molecule has 28 heavy (non-hydrogen) atoms. The predicted octanol–water partition coefficient (Wildman–Crippen LogP) is 3.65. The smallest absolute Gasteiger partial charge is 0.338 e. The van der Waals surface area contributed by atoms with E-state index in [0.717, 1.165) is 32.1 Å². The first kappa shape index (κ1) is 17.7. The lowest BCUT2D eigenvalue weighted by Gasteiger charge is -2.07. The summed E-state index contributed by atoms with van der Waals surface area (Å²) >= 11 is 0. The molecule has 3 aromatic rings. The number of rotatable bonds is 5. The quantitative estimate of drug-likeness (QED) is 0.406. The number of hydrogen-bond donors (Lipinski definition) is 1. The number of anilines is 1. The molecule has 1 amide bonds. The Bertz CT molecular complexity index is 1120. The van der Waals surface area contributed by atoms with Crippen molar-refractivity contribution in [3.63, 3.8) is 0 Å². The van der Waals surface area contributed by atoms with Gasteiger partial charge in [0.05, 0.1) is 17.6 Å². The van der Waals surface area contributed by atoms with Gasteiger partial charge in [0, 0.05) is 29.3 Å². The van der Waals surface area contributed by atoms with E-state index in [1.807, 2.05) is 0 Å². The number of oxazole rings is 1. The maximum atomic E-state index is 12.6. The van der Waals surface area contributed by atoms with Crippen LogP contribution in [-0.2, 0) is 4.74 Å². The van der Waals surface area contributed by atoms with Gasteiger partial charge in [-0.2, -0.15) is 0 Å². The Morgan fingerprint density at radius 3 is 2.64 bits per heavy atom. The average molecular weight is 381 g/mol. The molecule has 0 unspecified atom stereocenters. The van der Waals surface area contributed by atoms with E-state index in [0.29, 0.717) is 28.6 Å². The molecule has 142 valence electrons. The SMILES string of the molecule is COC(=O)c1cc(C(=O)Nc2ccc3oc(C4CC4)nc3c2)cc([N+](=O)[O-])c1. The van der Waals surface area contributed by atoms with E-state index in [2.05, 4.69) is 15.0 Å². The number of nitrogens with one attached hydrogen (secondary N) is 1. The molecule has 1 aliphatic carbocycles. The summed E-state index contributed by atoms with van der Waals surface area (Å²) in [6.07, 6.45) is 2.12. The highest BCUT2D eigenvalue weighted by molar-refractivity contribution is 6.06. The minimum Gasteiger partial charge on any atom is -0.465 e. The Balaban J connectivity index is 1.62. The lowest BCUT2D eigenvalue weighted by molar-refractivity contribution is -0.384. The molecule has 1 heterocycles. The second-order valence-electron chi connectivity index (χ2n) is 6.48. The Morgan fingerprint density at radius 2 is 1.96 bits per heavy atom. The van der Waals surface area contributed by atoms with Crippen LogP contribution in [0.25, 0.3) is 11.1 Å². The highest BCUT2D eigenvalue weighted by Gasteiger charge is 2.29. The Hall–Kier alpha value is -3.75. The second kappa shape index (κ2) is 6.76. The molecule has 1 aliphatic rings. The summed E-state index contributed by atoms with van der Waals surface area (Å²) in [5.41, 5.74) is 1.21. The van der Waals surface area contributed by atoms with Gasteiger partial charge in [0.2, 0.25) is 0 Å². The average Bonchev–Trinajstić information content (AvgIpc) is 3.46. The van der Waals surface area contributed by atoms with Gasteiger partial charge in [0.15, 0.2) is 11.5 Å². The van der Waals surface area contributed by atoms with Gasteiger partial charge < -0.3 is 14.5 Å². The molecule has 0 spiro atoms. The Labute approximate surface area is 158 Å². The first-order valence-corrected chi connectivity index (χ1v) is 8.54. The van der Waals surface area contributed by atoms with Gasteiger partial charge in [-0.15, -0.1) is 0 Å². The minimum absolute atomic E-state index is 0.0338. The Morgan fingerprint density at radius 1 is 1.21 bits per heavy atom. The maximum Gasteiger partial charge on any atom is 0.338 e. The van der Waals surface area contributed by atoms with Crippen LogP contribution in [0.3, 0.4) is 0 Å². The van der Waals surface area contributed by atoms with Crippen molar-refractivity contribution in [2.75, 3.05) is 12.4 Å². The van der Waals surface area contributed by atoms with Crippen molar-refractivity contribution >= 4 is 34.4 Å². The van der Waals surface area contributed by atoms with Crippen molar-refractivity contribution in [1.29, 1.82) is 0 Å². The third-order valence-corrected chi connectivity index (χ3v) is 4.40. The van der Waals surface area contributed by atoms with E-state index in [1.54, 1.807) is 18.2 Å². The van der Waals surface area contributed by atoms with Crippen molar-refractivity contribution in [2.24, 2.45) is 0 Å². The number of amides is 1. The standard InChI is InChI=1S/C19H15N3O6/c1-27-19(24)12-6-11(7-14(8-12)22(25)26)17(23)20-13-4-5-16-15(9-13)21-18(28-16)10-2-3-10/h4-10H,2-3H2,1H3,(H,20,23). The first-order valence-electron chi connectivity index (χ1n) is 8.54. The van der Waals surface area contributed by atoms with Crippen molar-refractivity contribution in [1.82, 2.24) is 4.98 Å². The molecule has 4 rings (SSSR count). The summed E-state index contributed by atoms with van der Waals surface area (Å²) in [5.74, 6) is -0.305. The third kappa shape index (κ3) is 3.41. The topological polar surface area (TPSA) is 125 Å². The van der Waals surface area contributed by atoms with E-state index < -0.39 is 16.8 Å². The van der Waals surface area contributed by atoms with Gasteiger partial charge in [-0.3, -0.25) is 14.9 Å². The van der Waals surface area contributed by atoms with Gasteiger partial charge in [-0.05, 0) is 37.1 Å². The van der Waals surface area contributed by atoms with Crippen LogP contribution in [0.15, 0.2) is 40.8 Å². The zero-order valence-corrected chi connectivity index (χ0v) is 14.8. The monoisotopic (exact) mass is 381 g/mol. The lowest BCUT2D eigenvalue weighted by atomic mass is 10.1. The number of esters is 1. The molecule has 0 saturated heterocycles. The van der Waals surface area contributed by atoms with Crippen LogP contribution >= 0.6 is 0 Å². The van der Waals surface area contributed by atoms with E-state index in [-0.39, 0.29) is 16.8 Å². The summed E-state index contributed by atoms with van der Waals surface area (Å²) in [6.45, 7) is 0. The lowest BCUT2D eigenvalue weighted by Crippen LogP contribution is -2.14. The van der Waals surface area contributed by atoms with Gasteiger partial charge in [0.1, 0.15) is 5.52 Å². The molecule has 1 aromatic heterocycles. The first-order chi connectivity index (χ1) is 13.4. The van der Waals surface area contributed by atoms with Crippen LogP contribution in [0.4, 0.5) is 11.4 Å². The van der Waals surface area contributed by atoms with Crippen molar-refractivity contribution in [2.45, 2.75) is 18.8 Å². The van der Waals surface area contributed by atoms with Crippen LogP contribution in [0.2, 0.25) is 0 Å². The fraction of sp³-hybridized carbons (Fsp3) is 0.211. The van der Waals surface area contributed by atoms with E-state index in [1.165, 1.54) is 6.07 Å². The van der Waals surface area contributed by atoms with E-state index in [4.69, 9.17) is 4.42 Å². The molecule has 0 radical (unpaired) electrons. The van der Waals surface area contributed by atoms with E-state index in [9.17, 15) is 19.7 Å². The molecular weight excluding hydrogens is 366 g/mol. The number of nitrogens with zero attached hydrogens (tertiary/aromatic N) is 2. The minimum atomic E-state index is -0.769. The van der Waals surface area contributed by atoms with Gasteiger partial charge in [-0.25, -0.2) is 9.78 Å². The number of carbonyl (C=O) groups is 2. The molecule has 0 atom stereocenters. The number of hydrogen-bond acceptors (Lipinski definition) is 7. The van der Waals surface area contributed by atoms with Crippen molar-refractivity contribution in [3.8, 4) is 0 Å². The molecule has 9 heteroatoms. The maximum absolute atomic E-state index is 12.6. The number of ether oxygens (including phenoxy) is 1. The molecule has 1 saturated carbocycles. The number of fused-ring (bicyclic) bond motifs is 1. The largest absolute Gasteiger partial charge is 0.465 e. The number of methoxy groups -OCH3 is 1.